The molecule has 0 spiro atoms. The maximum Gasteiger partial charge on any atom is 0.267 e. The Labute approximate surface area is 195 Å². The number of alkyl halides is 2. The third-order valence-electron chi connectivity index (χ3n) is 7.03. The Hall–Kier alpha value is -2.70. The third-order valence-corrected chi connectivity index (χ3v) is 7.03. The molecule has 2 N–H and O–H groups in total. The van der Waals surface area contributed by atoms with Gasteiger partial charge in [0.25, 0.3) is 6.43 Å². The molecule has 4 bridgehead atoms. The number of piperidine rings is 1. The number of hydrogen-bond donors (Lipinski definition) is 1. The molecule has 0 amide bonds. The van der Waals surface area contributed by atoms with E-state index in [1.54, 1.807) is 0 Å². The van der Waals surface area contributed by atoms with Gasteiger partial charge in [0.05, 0.1) is 69.4 Å². The number of fused-ring (bicyclic) bond motifs is 4. The van der Waals surface area contributed by atoms with Crippen LogP contribution in [0.3, 0.4) is 0 Å². The summed E-state index contributed by atoms with van der Waals surface area (Å²) in [5.74, 6) is 1.14. The lowest BCUT2D eigenvalue weighted by Gasteiger charge is -2.47. The van der Waals surface area contributed by atoms with Crippen LogP contribution in [0.5, 0.6) is 0 Å². The van der Waals surface area contributed by atoms with Crippen molar-refractivity contribution in [1.29, 1.82) is 0 Å². The fourth-order valence-electron chi connectivity index (χ4n) is 5.39. The zero-order valence-corrected chi connectivity index (χ0v) is 18.6. The van der Waals surface area contributed by atoms with Crippen LogP contribution in [0.25, 0.3) is 11.4 Å². The van der Waals surface area contributed by atoms with Crippen LogP contribution in [0.4, 0.5) is 26.5 Å². The first-order valence-corrected chi connectivity index (χ1v) is 11.7. The quantitative estimate of drug-likeness (QED) is 0.703. The van der Waals surface area contributed by atoms with E-state index in [1.807, 2.05) is 0 Å². The van der Waals surface area contributed by atoms with Gasteiger partial charge in [-0.05, 0) is 25.3 Å². The molecule has 2 unspecified atom stereocenters. The monoisotopic (exact) mass is 475 g/mol. The first-order chi connectivity index (χ1) is 16.6. The van der Waals surface area contributed by atoms with E-state index in [1.165, 1.54) is 12.3 Å². The first kappa shape index (κ1) is 21.8. The molecule has 6 heterocycles. The molecule has 2 atom stereocenters. The van der Waals surface area contributed by atoms with Crippen molar-refractivity contribution in [2.75, 3.05) is 55.2 Å². The number of morpholine rings is 3. The SMILES string of the molecule is Nc1ncc(-c2nc(N3C4CCCC3COC4)nc(N3C4COCC3COC4)n2)cc1C(F)F. The summed E-state index contributed by atoms with van der Waals surface area (Å²) in [6.45, 7) is 3.26. The number of aromatic nitrogens is 4. The van der Waals surface area contributed by atoms with Crippen molar-refractivity contribution in [1.82, 2.24) is 19.9 Å². The number of pyridine rings is 1. The van der Waals surface area contributed by atoms with Crippen molar-refractivity contribution < 1.29 is 23.0 Å². The van der Waals surface area contributed by atoms with Crippen LogP contribution in [-0.2, 0) is 14.2 Å². The molecule has 0 saturated carbocycles. The standard InChI is InChI=1S/C22H27F2N7O3/c23-18(24)17-4-12(5-26-19(17)25)20-27-21(30-13-2-1-3-14(30)7-32-6-13)29-22(28-20)31-15-8-33-10-16(31)11-34-9-15/h4-5,13-16,18H,1-3,6-11H2,(H2,25,26). The summed E-state index contributed by atoms with van der Waals surface area (Å²) < 4.78 is 44.4. The lowest BCUT2D eigenvalue weighted by molar-refractivity contribution is -0.0355. The van der Waals surface area contributed by atoms with Crippen LogP contribution >= 0.6 is 0 Å². The van der Waals surface area contributed by atoms with Crippen molar-refractivity contribution in [3.8, 4) is 11.4 Å². The maximum absolute atomic E-state index is 13.5. The third kappa shape index (κ3) is 3.83. The number of ether oxygens (including phenoxy) is 3. The first-order valence-electron chi connectivity index (χ1n) is 11.7. The summed E-state index contributed by atoms with van der Waals surface area (Å²) in [6, 6.07) is 1.61. The normalized spacial score (nSPS) is 28.9. The second kappa shape index (κ2) is 8.82. The van der Waals surface area contributed by atoms with Gasteiger partial charge in [-0.25, -0.2) is 13.8 Å². The van der Waals surface area contributed by atoms with Gasteiger partial charge in [0, 0.05) is 11.8 Å². The van der Waals surface area contributed by atoms with Crippen LogP contribution in [0.1, 0.15) is 31.3 Å². The Morgan fingerprint density at radius 1 is 0.824 bits per heavy atom. The Morgan fingerprint density at radius 3 is 1.91 bits per heavy atom. The molecule has 12 heteroatoms. The molecule has 0 aliphatic carbocycles. The molecule has 4 aliphatic heterocycles. The fraction of sp³-hybridized carbons (Fsp3) is 0.636. The molecule has 182 valence electrons. The zero-order valence-electron chi connectivity index (χ0n) is 18.6. The lowest BCUT2D eigenvalue weighted by Crippen LogP contribution is -2.60. The van der Waals surface area contributed by atoms with E-state index in [4.69, 9.17) is 34.9 Å². The summed E-state index contributed by atoms with van der Waals surface area (Å²) in [7, 11) is 0. The lowest BCUT2D eigenvalue weighted by atomic mass is 9.95. The van der Waals surface area contributed by atoms with Gasteiger partial charge in [0.15, 0.2) is 5.82 Å². The van der Waals surface area contributed by atoms with Gasteiger partial charge in [-0.3, -0.25) is 0 Å². The molecule has 4 fully saturated rings. The van der Waals surface area contributed by atoms with E-state index in [0.717, 1.165) is 19.3 Å². The van der Waals surface area contributed by atoms with Gasteiger partial charge < -0.3 is 29.7 Å². The average Bonchev–Trinajstić information content (AvgIpc) is 2.83. The average molecular weight is 476 g/mol. The molecule has 34 heavy (non-hydrogen) atoms. The highest BCUT2D eigenvalue weighted by Crippen LogP contribution is 2.35. The topological polar surface area (TPSA) is 112 Å². The Bertz CT molecular complexity index is 967. The van der Waals surface area contributed by atoms with E-state index in [2.05, 4.69) is 14.8 Å². The smallest absolute Gasteiger partial charge is 0.267 e. The highest BCUT2D eigenvalue weighted by atomic mass is 19.3. The summed E-state index contributed by atoms with van der Waals surface area (Å²) in [6.07, 6.45) is 1.80. The van der Waals surface area contributed by atoms with E-state index in [-0.39, 0.29) is 35.5 Å². The van der Waals surface area contributed by atoms with Crippen molar-refractivity contribution >= 4 is 17.7 Å². The maximum atomic E-state index is 13.5. The second-order valence-corrected chi connectivity index (χ2v) is 9.23. The summed E-state index contributed by atoms with van der Waals surface area (Å²) >= 11 is 0. The Balaban J connectivity index is 1.47. The molecule has 4 aliphatic rings. The number of rotatable bonds is 4. The van der Waals surface area contributed by atoms with Crippen LogP contribution < -0.4 is 15.5 Å². The van der Waals surface area contributed by atoms with Gasteiger partial charge in [-0.2, -0.15) is 15.0 Å². The molecule has 0 radical (unpaired) electrons. The Morgan fingerprint density at radius 2 is 1.35 bits per heavy atom. The molecule has 2 aromatic rings. The Kier molecular flexibility index (Phi) is 5.66. The van der Waals surface area contributed by atoms with Crippen molar-refractivity contribution in [2.45, 2.75) is 49.9 Å². The number of halogens is 2. The van der Waals surface area contributed by atoms with Gasteiger partial charge in [-0.1, -0.05) is 0 Å². The van der Waals surface area contributed by atoms with Crippen LogP contribution in [0.2, 0.25) is 0 Å². The van der Waals surface area contributed by atoms with E-state index >= 15 is 0 Å². The predicted molar refractivity (Wildman–Crippen MR) is 119 cm³/mol. The van der Waals surface area contributed by atoms with Gasteiger partial charge in [0.2, 0.25) is 11.9 Å². The molecule has 10 nitrogen and oxygen atoms in total. The van der Waals surface area contributed by atoms with Crippen LogP contribution in [-0.4, -0.2) is 83.7 Å². The molecule has 2 aromatic heterocycles. The minimum Gasteiger partial charge on any atom is -0.383 e. The largest absolute Gasteiger partial charge is 0.383 e. The predicted octanol–water partition coefficient (Wildman–Crippen LogP) is 1.82. The van der Waals surface area contributed by atoms with E-state index in [9.17, 15) is 8.78 Å². The van der Waals surface area contributed by atoms with Gasteiger partial charge >= 0.3 is 0 Å². The van der Waals surface area contributed by atoms with Gasteiger partial charge in [0.1, 0.15) is 5.82 Å². The summed E-state index contributed by atoms with van der Waals surface area (Å²) in [5.41, 5.74) is 5.73. The summed E-state index contributed by atoms with van der Waals surface area (Å²) in [5, 5.41) is 0. The fourth-order valence-corrected chi connectivity index (χ4v) is 5.39. The van der Waals surface area contributed by atoms with Crippen molar-refractivity contribution in [2.24, 2.45) is 0 Å². The summed E-state index contributed by atoms with van der Waals surface area (Å²) in [4.78, 5) is 22.8. The van der Waals surface area contributed by atoms with Crippen LogP contribution in [0, 0.1) is 0 Å². The minimum atomic E-state index is -2.75. The molecule has 6 rings (SSSR count). The highest BCUT2D eigenvalue weighted by Gasteiger charge is 2.40. The highest BCUT2D eigenvalue weighted by molar-refractivity contribution is 5.62. The van der Waals surface area contributed by atoms with Gasteiger partial charge in [-0.15, -0.1) is 0 Å². The van der Waals surface area contributed by atoms with Crippen LogP contribution in [0.15, 0.2) is 12.3 Å². The second-order valence-electron chi connectivity index (χ2n) is 9.23. The number of hydrogen-bond acceptors (Lipinski definition) is 10. The minimum absolute atomic E-state index is 0.0269. The van der Waals surface area contributed by atoms with E-state index < -0.39 is 6.43 Å². The molecular weight excluding hydrogens is 448 g/mol. The molecule has 0 aromatic carbocycles. The van der Waals surface area contributed by atoms with E-state index in [0.29, 0.717) is 62.9 Å². The number of nitrogen functional groups attached to an aromatic ring is 1. The number of nitrogens with two attached hydrogens (primary N) is 1. The molecular formula is C22H27F2N7O3. The van der Waals surface area contributed by atoms with Crippen molar-refractivity contribution in [3.63, 3.8) is 0 Å². The zero-order chi connectivity index (χ0) is 23.2. The van der Waals surface area contributed by atoms with Crippen molar-refractivity contribution in [3.05, 3.63) is 17.8 Å². The molecule has 4 saturated heterocycles. The number of anilines is 3. The number of nitrogens with zero attached hydrogens (tertiary/aromatic N) is 6.